The summed E-state index contributed by atoms with van der Waals surface area (Å²) in [5, 5.41) is 0. The third-order valence-electron chi connectivity index (χ3n) is 6.62. The maximum absolute atomic E-state index is 13.3. The van der Waals surface area contributed by atoms with Crippen molar-refractivity contribution in [3.05, 3.63) is 53.9 Å². The maximum atomic E-state index is 13.3. The molecule has 0 aliphatic carbocycles. The Morgan fingerprint density at radius 2 is 1.97 bits per heavy atom. The molecule has 1 aliphatic rings. The fourth-order valence-corrected chi connectivity index (χ4v) is 4.71. The minimum atomic E-state index is -0.118. The molecule has 164 valence electrons. The van der Waals surface area contributed by atoms with Gasteiger partial charge in [-0.3, -0.25) is 4.79 Å². The molecular formula is C25H36N2O3. The second-order valence-corrected chi connectivity index (χ2v) is 9.46. The average Bonchev–Trinajstić information content (AvgIpc) is 3.25. The van der Waals surface area contributed by atoms with E-state index in [-0.39, 0.29) is 16.9 Å². The van der Waals surface area contributed by atoms with Crippen LogP contribution >= 0.6 is 0 Å². The minimum absolute atomic E-state index is 0.0426. The third kappa shape index (κ3) is 5.25. The van der Waals surface area contributed by atoms with Crippen molar-refractivity contribution in [3.63, 3.8) is 0 Å². The van der Waals surface area contributed by atoms with Gasteiger partial charge in [0.15, 0.2) is 0 Å². The first-order valence-electron chi connectivity index (χ1n) is 10.9. The van der Waals surface area contributed by atoms with Gasteiger partial charge in [0.25, 0.3) is 5.91 Å². The zero-order chi connectivity index (χ0) is 21.8. The molecule has 1 fully saturated rings. The Morgan fingerprint density at radius 3 is 2.53 bits per heavy atom. The van der Waals surface area contributed by atoms with Gasteiger partial charge in [-0.25, -0.2) is 0 Å². The van der Waals surface area contributed by atoms with Gasteiger partial charge in [-0.2, -0.15) is 0 Å². The van der Waals surface area contributed by atoms with Crippen LogP contribution in [0, 0.1) is 11.3 Å². The summed E-state index contributed by atoms with van der Waals surface area (Å²) >= 11 is 0. The molecule has 5 heteroatoms. The molecule has 0 bridgehead atoms. The lowest BCUT2D eigenvalue weighted by Crippen LogP contribution is -2.46. The van der Waals surface area contributed by atoms with Crippen molar-refractivity contribution < 1.29 is 14.3 Å². The molecule has 2 aromatic rings. The van der Waals surface area contributed by atoms with Crippen molar-refractivity contribution in [2.24, 2.45) is 11.3 Å². The van der Waals surface area contributed by atoms with Gasteiger partial charge in [0.1, 0.15) is 11.4 Å². The summed E-state index contributed by atoms with van der Waals surface area (Å²) in [6.07, 6.45) is 4.83. The molecule has 3 rings (SSSR count). The van der Waals surface area contributed by atoms with Gasteiger partial charge in [-0.05, 0) is 74.3 Å². The molecule has 0 radical (unpaired) electrons. The molecule has 1 unspecified atom stereocenters. The molecule has 1 amide bonds. The molecule has 0 spiro atoms. The lowest BCUT2D eigenvalue weighted by atomic mass is 9.65. The van der Waals surface area contributed by atoms with Crippen LogP contribution in [0.25, 0.3) is 0 Å². The van der Waals surface area contributed by atoms with Crippen molar-refractivity contribution in [2.45, 2.75) is 59.1 Å². The van der Waals surface area contributed by atoms with E-state index in [0.29, 0.717) is 18.2 Å². The lowest BCUT2D eigenvalue weighted by Gasteiger charge is -2.48. The predicted octanol–water partition coefficient (Wildman–Crippen LogP) is 5.29. The summed E-state index contributed by atoms with van der Waals surface area (Å²) in [4.78, 5) is 18.3. The molecule has 0 saturated carbocycles. The normalized spacial score (nSPS) is 20.9. The van der Waals surface area contributed by atoms with Crippen LogP contribution < -0.4 is 4.74 Å². The lowest BCUT2D eigenvalue weighted by molar-refractivity contribution is -0.122. The van der Waals surface area contributed by atoms with Crippen LogP contribution in [0.4, 0.5) is 0 Å². The molecule has 1 aromatic carbocycles. The highest BCUT2D eigenvalue weighted by Crippen LogP contribution is 2.47. The fourth-order valence-electron chi connectivity index (χ4n) is 4.71. The zero-order valence-corrected chi connectivity index (χ0v) is 19.0. The summed E-state index contributed by atoms with van der Waals surface area (Å²) in [7, 11) is 1.66. The Labute approximate surface area is 180 Å². The smallest absolute Gasteiger partial charge is 0.270 e. The molecule has 1 atom stereocenters. The van der Waals surface area contributed by atoms with Crippen LogP contribution in [0.2, 0.25) is 0 Å². The largest absolute Gasteiger partial charge is 0.497 e. The number of methoxy groups -OCH3 is 1. The standard InChI is InChI=1S/C25H36N2O3/c1-19(2)25(13-16-30-24(3,4)18-25)12-15-27(23(28)22-7-6-14-26-22)17-20-8-10-21(29-5)11-9-20/h6-11,14,19,26H,12-13,15-18H2,1-5H3. The highest BCUT2D eigenvalue weighted by molar-refractivity contribution is 5.92. The van der Waals surface area contributed by atoms with Gasteiger partial charge < -0.3 is 19.4 Å². The van der Waals surface area contributed by atoms with E-state index < -0.39 is 0 Å². The second kappa shape index (κ2) is 9.25. The summed E-state index contributed by atoms with van der Waals surface area (Å²) in [5.74, 6) is 1.40. The number of amides is 1. The number of ether oxygens (including phenoxy) is 2. The highest BCUT2D eigenvalue weighted by atomic mass is 16.5. The molecule has 1 aliphatic heterocycles. The maximum Gasteiger partial charge on any atom is 0.270 e. The molecule has 5 nitrogen and oxygen atoms in total. The number of H-pyrrole nitrogens is 1. The van der Waals surface area contributed by atoms with Crippen molar-refractivity contribution in [3.8, 4) is 5.75 Å². The quantitative estimate of drug-likeness (QED) is 0.641. The Kier molecular flexibility index (Phi) is 6.91. The van der Waals surface area contributed by atoms with E-state index >= 15 is 0 Å². The Hall–Kier alpha value is -2.27. The number of hydrogen-bond donors (Lipinski definition) is 1. The average molecular weight is 413 g/mol. The van der Waals surface area contributed by atoms with Crippen molar-refractivity contribution in [1.82, 2.24) is 9.88 Å². The number of carbonyl (C=O) groups is 1. The van der Waals surface area contributed by atoms with E-state index in [2.05, 4.69) is 32.7 Å². The van der Waals surface area contributed by atoms with E-state index in [9.17, 15) is 4.79 Å². The number of rotatable bonds is 8. The SMILES string of the molecule is COc1ccc(CN(CCC2(C(C)C)CCOC(C)(C)C2)C(=O)c2ccc[nH]2)cc1. The van der Waals surface area contributed by atoms with E-state index in [1.807, 2.05) is 41.3 Å². The van der Waals surface area contributed by atoms with Crippen LogP contribution in [0.5, 0.6) is 5.75 Å². The van der Waals surface area contributed by atoms with Crippen molar-refractivity contribution in [1.29, 1.82) is 0 Å². The number of nitrogens with one attached hydrogen (secondary N) is 1. The molecule has 1 aromatic heterocycles. The number of aromatic nitrogens is 1. The summed E-state index contributed by atoms with van der Waals surface area (Å²) < 4.78 is 11.3. The summed E-state index contributed by atoms with van der Waals surface area (Å²) in [5.41, 5.74) is 1.79. The highest BCUT2D eigenvalue weighted by Gasteiger charge is 2.43. The van der Waals surface area contributed by atoms with Crippen molar-refractivity contribution >= 4 is 5.91 Å². The number of aromatic amines is 1. The van der Waals surface area contributed by atoms with Crippen LogP contribution in [0.3, 0.4) is 0 Å². The molecule has 30 heavy (non-hydrogen) atoms. The van der Waals surface area contributed by atoms with E-state index in [0.717, 1.165) is 43.7 Å². The second-order valence-electron chi connectivity index (χ2n) is 9.46. The van der Waals surface area contributed by atoms with Gasteiger partial charge in [0, 0.05) is 25.9 Å². The van der Waals surface area contributed by atoms with Gasteiger partial charge in [-0.15, -0.1) is 0 Å². The van der Waals surface area contributed by atoms with Crippen LogP contribution in [-0.4, -0.2) is 41.7 Å². The monoisotopic (exact) mass is 412 g/mol. The first-order chi connectivity index (χ1) is 14.2. The predicted molar refractivity (Wildman–Crippen MR) is 120 cm³/mol. The Balaban J connectivity index is 1.79. The molecule has 2 heterocycles. The number of benzene rings is 1. The topological polar surface area (TPSA) is 54.6 Å². The van der Waals surface area contributed by atoms with E-state index in [4.69, 9.17) is 9.47 Å². The Bertz CT molecular complexity index is 811. The summed E-state index contributed by atoms with van der Waals surface area (Å²) in [6.45, 7) is 11.1. The van der Waals surface area contributed by atoms with Crippen LogP contribution in [0.15, 0.2) is 42.6 Å². The molecule has 1 saturated heterocycles. The van der Waals surface area contributed by atoms with Crippen LogP contribution in [-0.2, 0) is 11.3 Å². The van der Waals surface area contributed by atoms with Crippen LogP contribution in [0.1, 0.15) is 63.0 Å². The number of hydrogen-bond acceptors (Lipinski definition) is 3. The number of nitrogens with zero attached hydrogens (tertiary/aromatic N) is 1. The fraction of sp³-hybridized carbons (Fsp3) is 0.560. The van der Waals surface area contributed by atoms with E-state index in [1.54, 1.807) is 13.3 Å². The molecular weight excluding hydrogens is 376 g/mol. The first kappa shape index (κ1) is 22.4. The minimum Gasteiger partial charge on any atom is -0.497 e. The zero-order valence-electron chi connectivity index (χ0n) is 19.0. The summed E-state index contributed by atoms with van der Waals surface area (Å²) in [6, 6.07) is 11.7. The molecule has 1 N–H and O–H groups in total. The number of carbonyl (C=O) groups excluding carboxylic acids is 1. The van der Waals surface area contributed by atoms with Crippen molar-refractivity contribution in [2.75, 3.05) is 20.3 Å². The van der Waals surface area contributed by atoms with Gasteiger partial charge in [0.2, 0.25) is 0 Å². The van der Waals surface area contributed by atoms with Gasteiger partial charge >= 0.3 is 0 Å². The van der Waals surface area contributed by atoms with Gasteiger partial charge in [0.05, 0.1) is 12.7 Å². The Morgan fingerprint density at radius 1 is 1.23 bits per heavy atom. The van der Waals surface area contributed by atoms with E-state index in [1.165, 1.54) is 0 Å². The van der Waals surface area contributed by atoms with Gasteiger partial charge in [-0.1, -0.05) is 26.0 Å². The first-order valence-corrected chi connectivity index (χ1v) is 10.9. The third-order valence-corrected chi connectivity index (χ3v) is 6.62.